The van der Waals surface area contributed by atoms with Crippen molar-refractivity contribution in [3.8, 4) is 11.5 Å². The first kappa shape index (κ1) is 24.3. The fourth-order valence-electron chi connectivity index (χ4n) is 3.15. The first-order valence-electron chi connectivity index (χ1n) is 9.72. The number of nitrogens with one attached hydrogen (secondary N) is 1. The number of halogens is 2. The summed E-state index contributed by atoms with van der Waals surface area (Å²) in [6, 6.07) is 14.1. The van der Waals surface area contributed by atoms with Crippen molar-refractivity contribution >= 4 is 38.9 Å². The number of carbonyl (C=O) groups excluding carboxylic acids is 1. The van der Waals surface area contributed by atoms with Crippen LogP contribution in [-0.2, 0) is 14.8 Å². The zero-order valence-electron chi connectivity index (χ0n) is 18.1. The number of benzene rings is 3. The molecule has 0 aliphatic rings. The maximum Gasteiger partial charge on any atom is 0.265 e. The highest BCUT2D eigenvalue weighted by molar-refractivity contribution is 7.92. The number of sulfonamides is 1. The van der Waals surface area contributed by atoms with Gasteiger partial charge in [0.1, 0.15) is 12.4 Å². The van der Waals surface area contributed by atoms with Crippen LogP contribution in [0.5, 0.6) is 11.5 Å². The van der Waals surface area contributed by atoms with Crippen LogP contribution >= 0.6 is 11.6 Å². The Kier molecular flexibility index (Phi) is 7.45. The summed E-state index contributed by atoms with van der Waals surface area (Å²) in [6.07, 6.45) is 0. The van der Waals surface area contributed by atoms with Crippen LogP contribution in [-0.4, -0.2) is 35.1 Å². The van der Waals surface area contributed by atoms with Gasteiger partial charge in [-0.05, 0) is 55.0 Å². The molecule has 1 N–H and O–H groups in total. The third kappa shape index (κ3) is 5.37. The first-order chi connectivity index (χ1) is 15.7. The van der Waals surface area contributed by atoms with E-state index in [1.54, 1.807) is 25.1 Å². The molecule has 0 unspecified atom stereocenters. The van der Waals surface area contributed by atoms with E-state index in [4.69, 9.17) is 21.1 Å². The number of aryl methyl sites for hydroxylation is 1. The number of para-hydroxylation sites is 1. The highest BCUT2D eigenvalue weighted by Crippen LogP contribution is 2.33. The third-order valence-electron chi connectivity index (χ3n) is 4.81. The van der Waals surface area contributed by atoms with Gasteiger partial charge in [-0.1, -0.05) is 23.7 Å². The molecule has 1 amide bonds. The normalized spacial score (nSPS) is 11.1. The van der Waals surface area contributed by atoms with Crippen molar-refractivity contribution in [3.63, 3.8) is 0 Å². The Hall–Kier alpha value is -3.30. The molecule has 0 aromatic heterocycles. The molecule has 0 fully saturated rings. The van der Waals surface area contributed by atoms with Gasteiger partial charge in [-0.15, -0.1) is 0 Å². The maximum atomic E-state index is 14.6. The summed E-state index contributed by atoms with van der Waals surface area (Å²) < 4.78 is 52.7. The number of ether oxygens (including phenoxy) is 2. The molecule has 174 valence electrons. The lowest BCUT2D eigenvalue weighted by molar-refractivity contribution is -0.114. The van der Waals surface area contributed by atoms with Crippen molar-refractivity contribution in [2.75, 3.05) is 30.4 Å². The number of rotatable bonds is 8. The molecule has 0 saturated carbocycles. The average Bonchev–Trinajstić information content (AvgIpc) is 2.79. The van der Waals surface area contributed by atoms with Crippen molar-refractivity contribution in [2.45, 2.75) is 11.8 Å². The monoisotopic (exact) mass is 492 g/mol. The molecule has 3 aromatic carbocycles. The van der Waals surface area contributed by atoms with Crippen molar-refractivity contribution < 1.29 is 27.1 Å². The van der Waals surface area contributed by atoms with Gasteiger partial charge < -0.3 is 14.8 Å². The molecule has 0 spiro atoms. The zero-order chi connectivity index (χ0) is 24.2. The van der Waals surface area contributed by atoms with Crippen molar-refractivity contribution in [1.82, 2.24) is 0 Å². The van der Waals surface area contributed by atoms with Crippen LogP contribution in [0.4, 0.5) is 15.8 Å². The van der Waals surface area contributed by atoms with Gasteiger partial charge in [0.05, 0.1) is 24.8 Å². The molecule has 3 aromatic rings. The molecular weight excluding hydrogens is 471 g/mol. The van der Waals surface area contributed by atoms with Gasteiger partial charge in [-0.2, -0.15) is 0 Å². The minimum Gasteiger partial charge on any atom is -0.493 e. The van der Waals surface area contributed by atoms with Crippen LogP contribution in [0.2, 0.25) is 5.02 Å². The molecule has 0 heterocycles. The average molecular weight is 493 g/mol. The van der Waals surface area contributed by atoms with Gasteiger partial charge in [-0.25, -0.2) is 12.8 Å². The lowest BCUT2D eigenvalue weighted by Gasteiger charge is -2.25. The summed E-state index contributed by atoms with van der Waals surface area (Å²) in [5.41, 5.74) is 0.882. The Morgan fingerprint density at radius 2 is 1.73 bits per heavy atom. The number of anilines is 2. The fraction of sp³-hybridized carbons (Fsp3) is 0.174. The number of nitrogens with zero attached hydrogens (tertiary/aromatic N) is 1. The minimum absolute atomic E-state index is 0.174. The summed E-state index contributed by atoms with van der Waals surface area (Å²) in [4.78, 5) is 12.6. The summed E-state index contributed by atoms with van der Waals surface area (Å²) in [7, 11) is -1.58. The van der Waals surface area contributed by atoms with Gasteiger partial charge in [-0.3, -0.25) is 9.10 Å². The zero-order valence-corrected chi connectivity index (χ0v) is 19.7. The molecule has 0 aliphatic carbocycles. The van der Waals surface area contributed by atoms with Crippen molar-refractivity contribution in [3.05, 3.63) is 77.1 Å². The van der Waals surface area contributed by atoms with E-state index in [1.165, 1.54) is 50.6 Å². The maximum absolute atomic E-state index is 14.6. The standard InChI is InChI=1S/C23H22ClFN2O5S/c1-15-12-16(24)8-10-19(15)26-23(28)14-27(20-7-5-4-6-18(20)25)33(29,30)17-9-11-21(31-2)22(13-17)32-3/h4-13H,14H2,1-3H3,(H,26,28). The third-order valence-corrected chi connectivity index (χ3v) is 6.80. The van der Waals surface area contributed by atoms with E-state index in [1.807, 2.05) is 0 Å². The Bertz CT molecular complexity index is 1280. The van der Waals surface area contributed by atoms with Gasteiger partial charge >= 0.3 is 0 Å². The van der Waals surface area contributed by atoms with E-state index in [2.05, 4.69) is 5.32 Å². The van der Waals surface area contributed by atoms with Gasteiger partial charge in [0.2, 0.25) is 5.91 Å². The lowest BCUT2D eigenvalue weighted by Crippen LogP contribution is -2.38. The van der Waals surface area contributed by atoms with E-state index in [9.17, 15) is 17.6 Å². The molecular formula is C23H22ClFN2O5S. The smallest absolute Gasteiger partial charge is 0.265 e. The largest absolute Gasteiger partial charge is 0.493 e. The number of carbonyl (C=O) groups is 1. The minimum atomic E-state index is -4.36. The van der Waals surface area contributed by atoms with E-state index < -0.39 is 28.3 Å². The second-order valence-electron chi connectivity index (χ2n) is 6.99. The molecule has 0 bridgehead atoms. The van der Waals surface area contributed by atoms with Crippen LogP contribution in [0.15, 0.2) is 65.6 Å². The fourth-order valence-corrected chi connectivity index (χ4v) is 4.82. The Morgan fingerprint density at radius 3 is 2.36 bits per heavy atom. The molecule has 7 nitrogen and oxygen atoms in total. The summed E-state index contributed by atoms with van der Waals surface area (Å²) in [6.45, 7) is 1.08. The molecule has 0 atom stereocenters. The summed E-state index contributed by atoms with van der Waals surface area (Å²) >= 11 is 5.95. The highest BCUT2D eigenvalue weighted by atomic mass is 35.5. The molecule has 33 heavy (non-hydrogen) atoms. The van der Waals surface area contributed by atoms with Gasteiger partial charge in [0, 0.05) is 16.8 Å². The van der Waals surface area contributed by atoms with Gasteiger partial charge in [0.15, 0.2) is 11.5 Å². The van der Waals surface area contributed by atoms with Crippen LogP contribution in [0.1, 0.15) is 5.56 Å². The topological polar surface area (TPSA) is 84.9 Å². The van der Waals surface area contributed by atoms with E-state index in [0.717, 1.165) is 6.07 Å². The quantitative estimate of drug-likeness (QED) is 0.495. The predicted molar refractivity (Wildman–Crippen MR) is 125 cm³/mol. The molecule has 0 aliphatic heterocycles. The number of amides is 1. The van der Waals surface area contributed by atoms with Crippen LogP contribution in [0.3, 0.4) is 0 Å². The second-order valence-corrected chi connectivity index (χ2v) is 9.29. The molecule has 0 radical (unpaired) electrons. The molecule has 10 heteroatoms. The highest BCUT2D eigenvalue weighted by Gasteiger charge is 2.30. The first-order valence-corrected chi connectivity index (χ1v) is 11.5. The summed E-state index contributed by atoms with van der Waals surface area (Å²) in [5.74, 6) is -0.956. The van der Waals surface area contributed by atoms with Gasteiger partial charge in [0.25, 0.3) is 10.0 Å². The van der Waals surface area contributed by atoms with Crippen LogP contribution < -0.4 is 19.1 Å². The molecule has 3 rings (SSSR count). The Morgan fingerprint density at radius 1 is 1.03 bits per heavy atom. The number of methoxy groups -OCH3 is 2. The van der Waals surface area contributed by atoms with Crippen molar-refractivity contribution in [1.29, 1.82) is 0 Å². The van der Waals surface area contributed by atoms with E-state index in [0.29, 0.717) is 26.3 Å². The number of hydrogen-bond donors (Lipinski definition) is 1. The molecule has 0 saturated heterocycles. The van der Waals surface area contributed by atoms with E-state index in [-0.39, 0.29) is 16.3 Å². The SMILES string of the molecule is COc1ccc(S(=O)(=O)N(CC(=O)Nc2ccc(Cl)cc2C)c2ccccc2F)cc1OC. The predicted octanol–water partition coefficient (Wildman–Crippen LogP) is 4.64. The van der Waals surface area contributed by atoms with Crippen LogP contribution in [0, 0.1) is 12.7 Å². The second kappa shape index (κ2) is 10.1. The lowest BCUT2D eigenvalue weighted by atomic mass is 10.2. The van der Waals surface area contributed by atoms with Crippen molar-refractivity contribution in [2.24, 2.45) is 0 Å². The summed E-state index contributed by atoms with van der Waals surface area (Å²) in [5, 5.41) is 3.15. The number of hydrogen-bond acceptors (Lipinski definition) is 5. The van der Waals surface area contributed by atoms with Crippen LogP contribution in [0.25, 0.3) is 0 Å². The van der Waals surface area contributed by atoms with E-state index >= 15 is 0 Å². The Balaban J connectivity index is 2.01. The Labute approximate surface area is 196 Å².